The monoisotopic (exact) mass is 269 g/mol. The first-order chi connectivity index (χ1) is 8.81. The van der Waals surface area contributed by atoms with Crippen molar-refractivity contribution in [1.82, 2.24) is 4.90 Å². The highest BCUT2D eigenvalue weighted by molar-refractivity contribution is 6.35. The molecule has 0 rings (SSSR count). The number of amides is 1. The van der Waals surface area contributed by atoms with Gasteiger partial charge in [-0.15, -0.1) is 0 Å². The number of hydrogen-bond acceptors (Lipinski definition) is 4. The predicted octanol–water partition coefficient (Wildman–Crippen LogP) is 1.71. The third kappa shape index (κ3) is 6.18. The summed E-state index contributed by atoms with van der Waals surface area (Å²) >= 11 is 0. The molecule has 0 aromatic rings. The molecule has 0 aliphatic heterocycles. The van der Waals surface area contributed by atoms with Crippen LogP contribution in [0.4, 0.5) is 0 Å². The molecule has 5 nitrogen and oxygen atoms in total. The highest BCUT2D eigenvalue weighted by Gasteiger charge is 2.23. The smallest absolute Gasteiger partial charge is 0.333 e. The lowest BCUT2D eigenvalue weighted by Gasteiger charge is -2.28. The zero-order valence-corrected chi connectivity index (χ0v) is 12.2. The molecule has 0 fully saturated rings. The van der Waals surface area contributed by atoms with E-state index >= 15 is 0 Å². The van der Waals surface area contributed by atoms with Gasteiger partial charge in [0.25, 0.3) is 5.91 Å². The second-order valence-corrected chi connectivity index (χ2v) is 4.64. The molecule has 0 saturated carbocycles. The molecule has 0 heterocycles. The normalized spacial score (nSPS) is 11.6. The molecule has 0 aliphatic carbocycles. The summed E-state index contributed by atoms with van der Waals surface area (Å²) in [5, 5.41) is 0. The maximum atomic E-state index is 11.8. The van der Waals surface area contributed by atoms with E-state index in [4.69, 9.17) is 4.74 Å². The standard InChI is InChI=1S/C14H23NO4/c1-6-7-8-15(13(17)12(5)16)11(4)9-19-14(18)10(2)3/h11H,2,6-9H2,1,3-5H3. The topological polar surface area (TPSA) is 63.7 Å². The fourth-order valence-electron chi connectivity index (χ4n) is 1.46. The van der Waals surface area contributed by atoms with E-state index in [2.05, 4.69) is 6.58 Å². The van der Waals surface area contributed by atoms with E-state index in [0.717, 1.165) is 12.8 Å². The van der Waals surface area contributed by atoms with Crippen molar-refractivity contribution in [3.63, 3.8) is 0 Å². The van der Waals surface area contributed by atoms with Gasteiger partial charge in [0.05, 0.1) is 6.04 Å². The van der Waals surface area contributed by atoms with Gasteiger partial charge in [-0.1, -0.05) is 19.9 Å². The number of ether oxygens (including phenoxy) is 1. The summed E-state index contributed by atoms with van der Waals surface area (Å²) in [5.41, 5.74) is 0.310. The van der Waals surface area contributed by atoms with Crippen molar-refractivity contribution in [3.8, 4) is 0 Å². The van der Waals surface area contributed by atoms with Crippen molar-refractivity contribution in [3.05, 3.63) is 12.2 Å². The van der Waals surface area contributed by atoms with Gasteiger partial charge in [-0.2, -0.15) is 0 Å². The number of carbonyl (C=O) groups excluding carboxylic acids is 3. The van der Waals surface area contributed by atoms with E-state index < -0.39 is 17.7 Å². The Morgan fingerprint density at radius 1 is 1.26 bits per heavy atom. The molecular weight excluding hydrogens is 246 g/mol. The maximum Gasteiger partial charge on any atom is 0.333 e. The summed E-state index contributed by atoms with van der Waals surface area (Å²) in [6.07, 6.45) is 1.72. The van der Waals surface area contributed by atoms with Crippen LogP contribution in [0.15, 0.2) is 12.2 Å². The highest BCUT2D eigenvalue weighted by atomic mass is 16.5. The number of carbonyl (C=O) groups is 3. The fraction of sp³-hybridized carbons (Fsp3) is 0.643. The van der Waals surface area contributed by atoms with E-state index in [1.54, 1.807) is 13.8 Å². The molecule has 1 atom stereocenters. The molecule has 0 N–H and O–H groups in total. The lowest BCUT2D eigenvalue weighted by Crippen LogP contribution is -2.44. The van der Waals surface area contributed by atoms with Crippen LogP contribution in [0.1, 0.15) is 40.5 Å². The van der Waals surface area contributed by atoms with E-state index in [0.29, 0.717) is 12.1 Å². The Labute approximate surface area is 114 Å². The van der Waals surface area contributed by atoms with Crippen LogP contribution in [-0.4, -0.2) is 41.8 Å². The van der Waals surface area contributed by atoms with Gasteiger partial charge in [-0.3, -0.25) is 9.59 Å². The van der Waals surface area contributed by atoms with Crippen molar-refractivity contribution in [2.24, 2.45) is 0 Å². The average Bonchev–Trinajstić information content (AvgIpc) is 2.35. The van der Waals surface area contributed by atoms with Gasteiger partial charge in [0.15, 0.2) is 0 Å². The molecule has 5 heteroatoms. The summed E-state index contributed by atoms with van der Waals surface area (Å²) < 4.78 is 5.01. The predicted molar refractivity (Wildman–Crippen MR) is 72.5 cm³/mol. The Bertz CT molecular complexity index is 362. The number of rotatable bonds is 8. The van der Waals surface area contributed by atoms with Crippen molar-refractivity contribution in [1.29, 1.82) is 0 Å². The van der Waals surface area contributed by atoms with Gasteiger partial charge < -0.3 is 9.64 Å². The van der Waals surface area contributed by atoms with Crippen LogP contribution >= 0.6 is 0 Å². The number of hydrogen-bond donors (Lipinski definition) is 0. The molecule has 108 valence electrons. The SMILES string of the molecule is C=C(C)C(=O)OCC(C)N(CCCC)C(=O)C(C)=O. The zero-order valence-electron chi connectivity index (χ0n) is 12.2. The summed E-state index contributed by atoms with van der Waals surface area (Å²) in [6, 6.07) is -0.328. The third-order valence-corrected chi connectivity index (χ3v) is 2.65. The maximum absolute atomic E-state index is 11.8. The molecule has 0 bridgehead atoms. The van der Waals surface area contributed by atoms with Gasteiger partial charge >= 0.3 is 5.97 Å². The summed E-state index contributed by atoms with van der Waals surface area (Å²) in [7, 11) is 0. The summed E-state index contributed by atoms with van der Waals surface area (Å²) in [5.74, 6) is -1.53. The van der Waals surface area contributed by atoms with Crippen LogP contribution in [0.2, 0.25) is 0 Å². The first-order valence-electron chi connectivity index (χ1n) is 6.45. The number of unbranched alkanes of at least 4 members (excludes halogenated alkanes) is 1. The van der Waals surface area contributed by atoms with Gasteiger partial charge in [-0.05, 0) is 20.3 Å². The number of esters is 1. The number of nitrogens with zero attached hydrogens (tertiary/aromatic N) is 1. The fourth-order valence-corrected chi connectivity index (χ4v) is 1.46. The van der Waals surface area contributed by atoms with Crippen LogP contribution < -0.4 is 0 Å². The van der Waals surface area contributed by atoms with Gasteiger partial charge in [0, 0.05) is 19.0 Å². The molecular formula is C14H23NO4. The van der Waals surface area contributed by atoms with Crippen LogP contribution in [0.3, 0.4) is 0 Å². The Hall–Kier alpha value is -1.65. The molecule has 0 radical (unpaired) electrons. The van der Waals surface area contributed by atoms with Crippen molar-refractivity contribution < 1.29 is 19.1 Å². The Balaban J connectivity index is 4.58. The average molecular weight is 269 g/mol. The van der Waals surface area contributed by atoms with E-state index in [1.807, 2.05) is 6.92 Å². The Morgan fingerprint density at radius 3 is 2.26 bits per heavy atom. The first kappa shape index (κ1) is 17.4. The first-order valence-corrected chi connectivity index (χ1v) is 6.45. The minimum absolute atomic E-state index is 0.0639. The summed E-state index contributed by atoms with van der Waals surface area (Å²) in [6.45, 7) is 10.6. The molecule has 0 aliphatic rings. The second-order valence-electron chi connectivity index (χ2n) is 4.64. The van der Waals surface area contributed by atoms with Crippen LogP contribution in [-0.2, 0) is 19.1 Å². The van der Waals surface area contributed by atoms with E-state index in [-0.39, 0.29) is 12.6 Å². The van der Waals surface area contributed by atoms with Crippen molar-refractivity contribution in [2.45, 2.75) is 46.6 Å². The minimum Gasteiger partial charge on any atom is -0.460 e. The molecule has 0 aromatic carbocycles. The van der Waals surface area contributed by atoms with Crippen LogP contribution in [0, 0.1) is 0 Å². The minimum atomic E-state index is -0.535. The number of ketones is 1. The molecule has 19 heavy (non-hydrogen) atoms. The Morgan fingerprint density at radius 2 is 1.84 bits per heavy atom. The largest absolute Gasteiger partial charge is 0.460 e. The molecule has 1 amide bonds. The number of Topliss-reactive ketones (excluding diaryl/α,β-unsaturated/α-hetero) is 1. The summed E-state index contributed by atoms with van der Waals surface area (Å²) in [4.78, 5) is 35.7. The van der Waals surface area contributed by atoms with Crippen LogP contribution in [0.5, 0.6) is 0 Å². The highest BCUT2D eigenvalue weighted by Crippen LogP contribution is 2.06. The van der Waals surface area contributed by atoms with Crippen molar-refractivity contribution >= 4 is 17.7 Å². The van der Waals surface area contributed by atoms with E-state index in [1.165, 1.54) is 11.8 Å². The lowest BCUT2D eigenvalue weighted by atomic mass is 10.2. The van der Waals surface area contributed by atoms with Gasteiger partial charge in [0.1, 0.15) is 6.61 Å². The van der Waals surface area contributed by atoms with E-state index in [9.17, 15) is 14.4 Å². The van der Waals surface area contributed by atoms with Crippen LogP contribution in [0.25, 0.3) is 0 Å². The lowest BCUT2D eigenvalue weighted by molar-refractivity contribution is -0.148. The third-order valence-electron chi connectivity index (χ3n) is 2.65. The molecule has 0 saturated heterocycles. The van der Waals surface area contributed by atoms with Crippen molar-refractivity contribution in [2.75, 3.05) is 13.2 Å². The quantitative estimate of drug-likeness (QED) is 0.382. The second kappa shape index (κ2) is 8.45. The zero-order chi connectivity index (χ0) is 15.0. The molecule has 0 aromatic heterocycles. The molecule has 1 unspecified atom stereocenters. The van der Waals surface area contributed by atoms with Gasteiger partial charge in [-0.25, -0.2) is 4.79 Å². The Kier molecular flexibility index (Phi) is 7.72. The molecule has 0 spiro atoms. The van der Waals surface area contributed by atoms with Gasteiger partial charge in [0.2, 0.25) is 5.78 Å².